The molecule has 0 radical (unpaired) electrons. The highest BCUT2D eigenvalue weighted by atomic mass is 35.5. The molecule has 1 aliphatic heterocycles. The number of rotatable bonds is 10. The Hall–Kier alpha value is -1.60. The van der Waals surface area contributed by atoms with Gasteiger partial charge in [-0.15, -0.1) is 12.4 Å². The lowest BCUT2D eigenvalue weighted by atomic mass is 9.97. The number of benzene rings is 1. The number of hydrogen-bond donors (Lipinski definition) is 1. The molecule has 162 valence electrons. The molecule has 4 nitrogen and oxygen atoms in total. The van der Waals surface area contributed by atoms with Crippen molar-refractivity contribution in [3.8, 4) is 11.4 Å². The van der Waals surface area contributed by atoms with E-state index >= 15 is 0 Å². The van der Waals surface area contributed by atoms with Crippen molar-refractivity contribution in [2.75, 3.05) is 13.1 Å². The van der Waals surface area contributed by atoms with Crippen molar-refractivity contribution in [3.05, 3.63) is 35.2 Å². The second kappa shape index (κ2) is 11.0. The number of aryl methyl sites for hydroxylation is 1. The minimum atomic E-state index is -4.39. The average Bonchev–Trinajstić information content (AvgIpc) is 3.08. The van der Waals surface area contributed by atoms with Gasteiger partial charge >= 0.3 is 6.18 Å². The summed E-state index contributed by atoms with van der Waals surface area (Å²) in [5.41, 5.74) is 0.0993. The molecule has 0 spiro atoms. The van der Waals surface area contributed by atoms with Crippen LogP contribution in [0.3, 0.4) is 0 Å². The molecule has 0 amide bonds. The standard InChI is InChI=1S/C21H28F3N3O.ClH/c1-2-3-4-5-6-7-8-9-15-10-11-16(12-18(15)21(22,23)24)19-26-20(28-27-19)17-13-25-14-17;/h10-12,17,25H,2-9,13-14H2,1H3;1H. The van der Waals surface area contributed by atoms with Crippen molar-refractivity contribution < 1.29 is 17.7 Å². The molecule has 0 atom stereocenters. The first-order valence-corrected chi connectivity index (χ1v) is 10.2. The van der Waals surface area contributed by atoms with Crippen molar-refractivity contribution in [2.45, 2.75) is 70.4 Å². The molecule has 1 aliphatic rings. The molecule has 0 saturated carbocycles. The fourth-order valence-electron chi connectivity index (χ4n) is 3.45. The summed E-state index contributed by atoms with van der Waals surface area (Å²) in [5, 5.41) is 6.98. The van der Waals surface area contributed by atoms with Gasteiger partial charge in [0.1, 0.15) is 0 Å². The Morgan fingerprint density at radius 3 is 2.38 bits per heavy atom. The third-order valence-electron chi connectivity index (χ3n) is 5.30. The van der Waals surface area contributed by atoms with E-state index in [1.165, 1.54) is 19.3 Å². The molecule has 1 saturated heterocycles. The van der Waals surface area contributed by atoms with Gasteiger partial charge in [-0.05, 0) is 24.5 Å². The Kier molecular flexibility index (Phi) is 8.96. The molecule has 1 aromatic carbocycles. The fourth-order valence-corrected chi connectivity index (χ4v) is 3.45. The maximum absolute atomic E-state index is 13.6. The van der Waals surface area contributed by atoms with E-state index in [0.29, 0.717) is 23.4 Å². The summed E-state index contributed by atoms with van der Waals surface area (Å²) in [6.45, 7) is 3.68. The van der Waals surface area contributed by atoms with Gasteiger partial charge in [0.15, 0.2) is 0 Å². The number of unbranched alkanes of at least 4 members (excludes halogenated alkanes) is 6. The molecular weight excluding hydrogens is 403 g/mol. The van der Waals surface area contributed by atoms with Gasteiger partial charge in [0, 0.05) is 18.7 Å². The minimum Gasteiger partial charge on any atom is -0.339 e. The lowest BCUT2D eigenvalue weighted by Crippen LogP contribution is -2.40. The molecule has 0 aliphatic carbocycles. The smallest absolute Gasteiger partial charge is 0.339 e. The van der Waals surface area contributed by atoms with Crippen molar-refractivity contribution in [1.82, 2.24) is 15.5 Å². The summed E-state index contributed by atoms with van der Waals surface area (Å²) in [7, 11) is 0. The van der Waals surface area contributed by atoms with Crippen LogP contribution in [-0.4, -0.2) is 23.2 Å². The average molecular weight is 432 g/mol. The van der Waals surface area contributed by atoms with Gasteiger partial charge in [0.25, 0.3) is 0 Å². The number of aromatic nitrogens is 2. The molecule has 29 heavy (non-hydrogen) atoms. The van der Waals surface area contributed by atoms with E-state index in [0.717, 1.165) is 44.8 Å². The van der Waals surface area contributed by atoms with Crippen LogP contribution in [0.5, 0.6) is 0 Å². The van der Waals surface area contributed by atoms with Crippen molar-refractivity contribution in [2.24, 2.45) is 0 Å². The first-order valence-electron chi connectivity index (χ1n) is 10.2. The normalized spacial score (nSPS) is 14.5. The minimum absolute atomic E-state index is 0. The van der Waals surface area contributed by atoms with Gasteiger partial charge in [-0.25, -0.2) is 0 Å². The van der Waals surface area contributed by atoms with Crippen LogP contribution >= 0.6 is 12.4 Å². The topological polar surface area (TPSA) is 51.0 Å². The number of nitrogens with one attached hydrogen (secondary N) is 1. The molecule has 3 rings (SSSR count). The molecule has 2 aromatic rings. The molecule has 1 N–H and O–H groups in total. The first-order chi connectivity index (χ1) is 13.5. The molecule has 8 heteroatoms. The summed E-state index contributed by atoms with van der Waals surface area (Å²) in [6.07, 6.45) is 3.67. The Morgan fingerprint density at radius 1 is 1.07 bits per heavy atom. The van der Waals surface area contributed by atoms with Gasteiger partial charge in [0.2, 0.25) is 11.7 Å². The highest BCUT2D eigenvalue weighted by Gasteiger charge is 2.34. The third-order valence-corrected chi connectivity index (χ3v) is 5.30. The molecule has 0 bridgehead atoms. The molecule has 1 aromatic heterocycles. The second-order valence-corrected chi connectivity index (χ2v) is 7.55. The zero-order chi connectivity index (χ0) is 20.0. The summed E-state index contributed by atoms with van der Waals surface area (Å²) < 4.78 is 46.0. The molecular formula is C21H29ClF3N3O. The number of hydrogen-bond acceptors (Lipinski definition) is 4. The Bertz CT molecular complexity index is 760. The lowest BCUT2D eigenvalue weighted by Gasteiger charge is -2.22. The van der Waals surface area contributed by atoms with E-state index in [1.807, 2.05) is 0 Å². The van der Waals surface area contributed by atoms with E-state index < -0.39 is 11.7 Å². The Balaban J connectivity index is 0.00000300. The van der Waals surface area contributed by atoms with Crippen LogP contribution in [0.4, 0.5) is 13.2 Å². The number of halogens is 4. The van der Waals surface area contributed by atoms with Crippen LogP contribution in [-0.2, 0) is 12.6 Å². The predicted molar refractivity (Wildman–Crippen MR) is 109 cm³/mol. The Morgan fingerprint density at radius 2 is 1.76 bits per heavy atom. The van der Waals surface area contributed by atoms with Crippen molar-refractivity contribution in [3.63, 3.8) is 0 Å². The molecule has 2 heterocycles. The van der Waals surface area contributed by atoms with Crippen molar-refractivity contribution in [1.29, 1.82) is 0 Å². The lowest BCUT2D eigenvalue weighted by molar-refractivity contribution is -0.138. The first kappa shape index (κ1) is 23.7. The molecule has 0 unspecified atom stereocenters. The van der Waals surface area contributed by atoms with Gasteiger partial charge < -0.3 is 9.84 Å². The van der Waals surface area contributed by atoms with E-state index in [9.17, 15) is 13.2 Å². The van der Waals surface area contributed by atoms with E-state index in [2.05, 4.69) is 22.4 Å². The number of alkyl halides is 3. The van der Waals surface area contributed by atoms with Gasteiger partial charge in [0.05, 0.1) is 11.5 Å². The predicted octanol–water partition coefficient (Wildman–Crippen LogP) is 6.16. The number of nitrogens with zero attached hydrogens (tertiary/aromatic N) is 2. The third kappa shape index (κ3) is 6.44. The highest BCUT2D eigenvalue weighted by Crippen LogP contribution is 2.35. The van der Waals surface area contributed by atoms with Crippen LogP contribution in [0.1, 0.15) is 74.8 Å². The zero-order valence-corrected chi connectivity index (χ0v) is 17.5. The SMILES string of the molecule is CCCCCCCCCc1ccc(-c2noc(C3CNC3)n2)cc1C(F)(F)F.Cl. The summed E-state index contributed by atoms with van der Waals surface area (Å²) in [4.78, 5) is 4.28. The van der Waals surface area contributed by atoms with Crippen LogP contribution < -0.4 is 5.32 Å². The summed E-state index contributed by atoms with van der Waals surface area (Å²) in [6, 6.07) is 4.39. The van der Waals surface area contributed by atoms with Crippen LogP contribution in [0.15, 0.2) is 22.7 Å². The van der Waals surface area contributed by atoms with Gasteiger partial charge in [-0.3, -0.25) is 0 Å². The zero-order valence-electron chi connectivity index (χ0n) is 16.7. The van der Waals surface area contributed by atoms with Gasteiger partial charge in [-0.2, -0.15) is 18.2 Å². The molecule has 1 fully saturated rings. The summed E-state index contributed by atoms with van der Waals surface area (Å²) >= 11 is 0. The largest absolute Gasteiger partial charge is 0.416 e. The van der Waals surface area contributed by atoms with Crippen LogP contribution in [0.25, 0.3) is 11.4 Å². The van der Waals surface area contributed by atoms with E-state index in [4.69, 9.17) is 4.52 Å². The quantitative estimate of drug-likeness (QED) is 0.458. The van der Waals surface area contributed by atoms with Gasteiger partial charge in [-0.1, -0.05) is 62.7 Å². The maximum atomic E-state index is 13.6. The monoisotopic (exact) mass is 431 g/mol. The maximum Gasteiger partial charge on any atom is 0.416 e. The van der Waals surface area contributed by atoms with Crippen LogP contribution in [0, 0.1) is 0 Å². The second-order valence-electron chi connectivity index (χ2n) is 7.55. The van der Waals surface area contributed by atoms with E-state index in [1.54, 1.807) is 12.1 Å². The van der Waals surface area contributed by atoms with Crippen LogP contribution in [0.2, 0.25) is 0 Å². The highest BCUT2D eigenvalue weighted by molar-refractivity contribution is 5.85. The fraction of sp³-hybridized carbons (Fsp3) is 0.619. The van der Waals surface area contributed by atoms with E-state index in [-0.39, 0.29) is 24.1 Å². The summed E-state index contributed by atoms with van der Waals surface area (Å²) in [5.74, 6) is 0.851. The van der Waals surface area contributed by atoms with Crippen molar-refractivity contribution >= 4 is 12.4 Å². The Labute approximate surface area is 176 Å².